The molecule has 2 aromatic heterocycles. The molecule has 0 aliphatic rings. The van der Waals surface area contributed by atoms with E-state index < -0.39 is 0 Å². The number of nitriles is 1. The predicted molar refractivity (Wildman–Crippen MR) is 73.0 cm³/mol. The van der Waals surface area contributed by atoms with Crippen LogP contribution in [0, 0.1) is 11.3 Å². The van der Waals surface area contributed by atoms with Gasteiger partial charge in [0.1, 0.15) is 6.07 Å². The summed E-state index contributed by atoms with van der Waals surface area (Å²) < 4.78 is 0.930. The Balaban J connectivity index is 2.56. The van der Waals surface area contributed by atoms with E-state index in [-0.39, 0.29) is 0 Å². The zero-order valence-corrected chi connectivity index (χ0v) is 11.3. The fourth-order valence-corrected chi connectivity index (χ4v) is 3.55. The lowest BCUT2D eigenvalue weighted by Crippen LogP contribution is -1.98. The molecule has 80 valence electrons. The number of thiophene rings is 2. The Bertz CT molecular complexity index is 561. The molecule has 0 saturated carbocycles. The molecule has 2 N–H and O–H groups in total. The second kappa shape index (κ2) is 4.83. The Kier molecular flexibility index (Phi) is 3.44. The van der Waals surface area contributed by atoms with E-state index in [1.165, 1.54) is 22.7 Å². The molecule has 5 heteroatoms. The van der Waals surface area contributed by atoms with Crippen molar-refractivity contribution in [2.45, 2.75) is 0 Å². The van der Waals surface area contributed by atoms with Gasteiger partial charge in [0.2, 0.25) is 0 Å². The van der Waals surface area contributed by atoms with E-state index >= 15 is 0 Å². The molecule has 0 saturated heterocycles. The average Bonchev–Trinajstić information content (AvgIpc) is 2.90. The predicted octanol–water partition coefficient (Wildman–Crippen LogP) is 3.92. The molecule has 0 amide bonds. The van der Waals surface area contributed by atoms with Crippen molar-refractivity contribution >= 4 is 49.9 Å². The number of nitrogens with zero attached hydrogens (tertiary/aromatic N) is 1. The van der Waals surface area contributed by atoms with Gasteiger partial charge in [-0.15, -0.1) is 22.7 Å². The van der Waals surface area contributed by atoms with Crippen LogP contribution in [0.2, 0.25) is 0 Å². The molecule has 0 aromatic carbocycles. The highest BCUT2D eigenvalue weighted by Gasteiger charge is 2.12. The lowest BCUT2D eigenvalue weighted by Gasteiger charge is -2.02. The van der Waals surface area contributed by atoms with Crippen molar-refractivity contribution in [3.63, 3.8) is 0 Å². The van der Waals surface area contributed by atoms with Crippen molar-refractivity contribution in [1.82, 2.24) is 0 Å². The Morgan fingerprint density at radius 2 is 2.12 bits per heavy atom. The first-order chi connectivity index (χ1) is 7.74. The number of allylic oxidation sites excluding steroid dienone is 1. The molecule has 0 radical (unpaired) electrons. The van der Waals surface area contributed by atoms with Gasteiger partial charge in [0.05, 0.1) is 16.1 Å². The molecule has 0 aliphatic carbocycles. The molecule has 0 bridgehead atoms. The van der Waals surface area contributed by atoms with E-state index in [9.17, 15) is 0 Å². The van der Waals surface area contributed by atoms with Crippen LogP contribution < -0.4 is 5.73 Å². The number of rotatable bonds is 2. The summed E-state index contributed by atoms with van der Waals surface area (Å²) in [5.41, 5.74) is 7.10. The van der Waals surface area contributed by atoms with Crippen molar-refractivity contribution in [2.75, 3.05) is 0 Å². The molecule has 0 atom stereocenters. The summed E-state index contributed by atoms with van der Waals surface area (Å²) in [6, 6.07) is 7.91. The molecule has 2 heterocycles. The van der Waals surface area contributed by atoms with Crippen LogP contribution in [0.15, 0.2) is 33.4 Å². The van der Waals surface area contributed by atoms with E-state index in [0.717, 1.165) is 14.2 Å². The van der Waals surface area contributed by atoms with Gasteiger partial charge in [-0.05, 0) is 38.8 Å². The number of hydrogen-bond acceptors (Lipinski definition) is 4. The minimum absolute atomic E-state index is 0.534. The van der Waals surface area contributed by atoms with Crippen LogP contribution in [0.1, 0.15) is 9.75 Å². The summed E-state index contributed by atoms with van der Waals surface area (Å²) >= 11 is 6.46. The highest BCUT2D eigenvalue weighted by atomic mass is 79.9. The van der Waals surface area contributed by atoms with Gasteiger partial charge in [0.15, 0.2) is 0 Å². The Hall–Kier alpha value is -1.09. The van der Waals surface area contributed by atoms with Crippen LogP contribution in [0.25, 0.3) is 11.3 Å². The molecule has 2 nitrogen and oxygen atoms in total. The Labute approximate surface area is 110 Å². The van der Waals surface area contributed by atoms with Crippen LogP contribution in [0.3, 0.4) is 0 Å². The molecule has 2 rings (SSSR count). The maximum atomic E-state index is 9.17. The van der Waals surface area contributed by atoms with Crippen molar-refractivity contribution in [3.05, 3.63) is 43.2 Å². The number of hydrogen-bond donors (Lipinski definition) is 1. The second-order valence-electron chi connectivity index (χ2n) is 2.98. The third-order valence-corrected chi connectivity index (χ3v) is 4.77. The zero-order valence-electron chi connectivity index (χ0n) is 8.11. The van der Waals surface area contributed by atoms with Gasteiger partial charge < -0.3 is 5.73 Å². The lowest BCUT2D eigenvalue weighted by molar-refractivity contribution is 1.52. The zero-order chi connectivity index (χ0) is 11.5. The van der Waals surface area contributed by atoms with Crippen molar-refractivity contribution in [2.24, 2.45) is 5.73 Å². The van der Waals surface area contributed by atoms with E-state index in [1.54, 1.807) is 0 Å². The van der Waals surface area contributed by atoms with E-state index in [4.69, 9.17) is 11.0 Å². The van der Waals surface area contributed by atoms with Gasteiger partial charge in [-0.1, -0.05) is 6.07 Å². The first kappa shape index (κ1) is 11.4. The van der Waals surface area contributed by atoms with E-state index in [0.29, 0.717) is 11.3 Å². The third kappa shape index (κ3) is 2.05. The van der Waals surface area contributed by atoms with Gasteiger partial charge >= 0.3 is 0 Å². The maximum Gasteiger partial charge on any atom is 0.103 e. The van der Waals surface area contributed by atoms with Gasteiger partial charge in [0, 0.05) is 9.35 Å². The quantitative estimate of drug-likeness (QED) is 0.855. The summed E-state index contributed by atoms with van der Waals surface area (Å²) in [5, 5.41) is 13.0. The fraction of sp³-hybridized carbons (Fsp3) is 0. The third-order valence-electron chi connectivity index (χ3n) is 2.01. The minimum atomic E-state index is 0.534. The van der Waals surface area contributed by atoms with Crippen LogP contribution >= 0.6 is 38.6 Å². The van der Waals surface area contributed by atoms with E-state index in [2.05, 4.69) is 22.0 Å². The average molecular weight is 311 g/mol. The first-order valence-corrected chi connectivity index (χ1v) is 6.96. The summed E-state index contributed by atoms with van der Waals surface area (Å²) in [4.78, 5) is 1.81. The normalized spacial score (nSPS) is 12.0. The summed E-state index contributed by atoms with van der Waals surface area (Å²) in [6.45, 7) is 0. The summed E-state index contributed by atoms with van der Waals surface area (Å²) in [5.74, 6) is 0. The second-order valence-corrected chi connectivity index (χ2v) is 5.69. The molecular weight excluding hydrogens is 304 g/mol. The Morgan fingerprint density at radius 3 is 2.62 bits per heavy atom. The van der Waals surface area contributed by atoms with Crippen molar-refractivity contribution in [3.8, 4) is 6.07 Å². The van der Waals surface area contributed by atoms with Crippen LogP contribution in [-0.2, 0) is 0 Å². The molecule has 0 unspecified atom stereocenters. The van der Waals surface area contributed by atoms with Crippen LogP contribution in [0.4, 0.5) is 0 Å². The first-order valence-electron chi connectivity index (χ1n) is 4.41. The molecule has 0 fully saturated rings. The summed E-state index contributed by atoms with van der Waals surface area (Å²) in [6.07, 6.45) is 0. The monoisotopic (exact) mass is 310 g/mol. The molecular formula is C11H7BrN2S2. The molecule has 0 spiro atoms. The lowest BCUT2D eigenvalue weighted by atomic mass is 10.1. The fourth-order valence-electron chi connectivity index (χ4n) is 1.27. The van der Waals surface area contributed by atoms with Gasteiger partial charge in [-0.3, -0.25) is 0 Å². The topological polar surface area (TPSA) is 49.8 Å². The van der Waals surface area contributed by atoms with E-state index in [1.807, 2.05) is 29.0 Å². The van der Waals surface area contributed by atoms with Crippen molar-refractivity contribution in [1.29, 1.82) is 5.26 Å². The number of nitrogens with two attached hydrogens (primary N) is 1. The number of halogens is 1. The minimum Gasteiger partial charge on any atom is -0.396 e. The van der Waals surface area contributed by atoms with Gasteiger partial charge in [-0.2, -0.15) is 5.26 Å². The standard InChI is InChI=1S/C11H7BrN2S2/c12-8-3-5-16-11(8)10(14)7(6-13)9-2-1-4-15-9/h1-5H,14H2/b10-7-. The Morgan fingerprint density at radius 1 is 1.31 bits per heavy atom. The molecule has 16 heavy (non-hydrogen) atoms. The largest absolute Gasteiger partial charge is 0.396 e. The maximum absolute atomic E-state index is 9.17. The summed E-state index contributed by atoms with van der Waals surface area (Å²) in [7, 11) is 0. The molecule has 0 aliphatic heterocycles. The smallest absolute Gasteiger partial charge is 0.103 e. The van der Waals surface area contributed by atoms with Gasteiger partial charge in [0.25, 0.3) is 0 Å². The van der Waals surface area contributed by atoms with Crippen LogP contribution in [0.5, 0.6) is 0 Å². The highest BCUT2D eigenvalue weighted by molar-refractivity contribution is 9.10. The SMILES string of the molecule is N#C/C(=C(/N)c1sccc1Br)c1cccs1. The van der Waals surface area contributed by atoms with Crippen molar-refractivity contribution < 1.29 is 0 Å². The van der Waals surface area contributed by atoms with Gasteiger partial charge in [-0.25, -0.2) is 0 Å². The van der Waals surface area contributed by atoms with Crippen LogP contribution in [-0.4, -0.2) is 0 Å². The molecule has 2 aromatic rings. The highest BCUT2D eigenvalue weighted by Crippen LogP contribution is 2.32.